The number of anilines is 1. The normalized spacial score (nSPS) is 14.8. The molecule has 2 N–H and O–H groups in total. The summed E-state index contributed by atoms with van der Waals surface area (Å²) in [4.78, 5) is 15.4. The lowest BCUT2D eigenvalue weighted by molar-refractivity contribution is -0.137. The number of fused-ring (bicyclic) bond motifs is 1. The van der Waals surface area contributed by atoms with Gasteiger partial charge in [-0.1, -0.05) is 133 Å². The van der Waals surface area contributed by atoms with Crippen LogP contribution in [0.15, 0.2) is 35.2 Å². The van der Waals surface area contributed by atoms with Crippen LogP contribution in [0.25, 0.3) is 6.08 Å². The molecule has 5 nitrogen and oxygen atoms in total. The smallest absolute Gasteiger partial charge is 0.323 e. The number of hydrogen-bond acceptors (Lipinski definition) is 6. The molecule has 1 aliphatic rings. The van der Waals surface area contributed by atoms with Crippen molar-refractivity contribution in [1.82, 2.24) is 4.57 Å². The van der Waals surface area contributed by atoms with Crippen molar-refractivity contribution in [2.45, 2.75) is 126 Å². The Morgan fingerprint density at radius 1 is 0.900 bits per heavy atom. The van der Waals surface area contributed by atoms with Crippen LogP contribution in [0.4, 0.5) is 5.69 Å². The molecule has 1 aromatic carbocycles. The molecule has 0 aliphatic carbocycles. The molecule has 222 valence electrons. The van der Waals surface area contributed by atoms with Crippen molar-refractivity contribution in [2.24, 2.45) is 0 Å². The third kappa shape index (κ3) is 10.9. The fraction of sp³-hybridized carbons (Fsp3) is 0.625. The van der Waals surface area contributed by atoms with Crippen LogP contribution >= 0.6 is 35.3 Å². The summed E-state index contributed by atoms with van der Waals surface area (Å²) in [6.45, 7) is 2.95. The molecular weight excluding hydrogens is 557 g/mol. The van der Waals surface area contributed by atoms with E-state index in [9.17, 15) is 9.90 Å². The largest absolute Gasteiger partial charge is 0.493 e. The number of carbonyl (C=O) groups is 1. The molecule has 0 bridgehead atoms. The Labute approximate surface area is 254 Å². The van der Waals surface area contributed by atoms with E-state index in [4.69, 9.17) is 17.3 Å². The van der Waals surface area contributed by atoms with Crippen molar-refractivity contribution < 1.29 is 15.0 Å². The summed E-state index contributed by atoms with van der Waals surface area (Å²) in [5.41, 5.74) is 1.27. The number of aliphatic carboxylic acids is 1. The summed E-state index contributed by atoms with van der Waals surface area (Å²) in [5, 5.41) is 19.7. The third-order valence-electron chi connectivity index (χ3n) is 7.58. The monoisotopic (exact) mass is 604 g/mol. The molecule has 0 saturated carbocycles. The van der Waals surface area contributed by atoms with Crippen molar-refractivity contribution in [2.75, 3.05) is 11.4 Å². The number of thiazole rings is 1. The lowest BCUT2D eigenvalue weighted by Crippen LogP contribution is -2.28. The standard InChI is InChI=1S/C32H48N2O3S3/c1-2-3-4-5-6-7-8-9-10-11-12-13-14-15-16-19-24-33-26-20-17-18-21-27(26)39-29(33)23-22-28-31(37)34(25-30(35)36)32(38)40-28/h17-18,20-23,29,37H,2-16,19,24-25H2,1H3,(H,35,36). The zero-order valence-electron chi connectivity index (χ0n) is 24.2. The zero-order valence-corrected chi connectivity index (χ0v) is 26.6. The third-order valence-corrected chi connectivity index (χ3v) is 10.2. The average Bonchev–Trinajstić information content (AvgIpc) is 3.42. The minimum atomic E-state index is -1.02. The second-order valence-electron chi connectivity index (χ2n) is 10.9. The minimum absolute atomic E-state index is 0.0708. The van der Waals surface area contributed by atoms with Gasteiger partial charge in [0.1, 0.15) is 6.54 Å². The highest BCUT2D eigenvalue weighted by molar-refractivity contribution is 8.00. The predicted molar refractivity (Wildman–Crippen MR) is 174 cm³/mol. The lowest BCUT2D eigenvalue weighted by atomic mass is 10.0. The molecule has 8 heteroatoms. The molecule has 1 aromatic heterocycles. The maximum Gasteiger partial charge on any atom is 0.323 e. The van der Waals surface area contributed by atoms with Crippen molar-refractivity contribution in [3.63, 3.8) is 0 Å². The molecule has 40 heavy (non-hydrogen) atoms. The fourth-order valence-electron chi connectivity index (χ4n) is 5.31. The second-order valence-corrected chi connectivity index (χ2v) is 13.7. The Morgan fingerprint density at radius 3 is 2.02 bits per heavy atom. The van der Waals surface area contributed by atoms with Crippen LogP contribution in [0.1, 0.15) is 115 Å². The number of thioether (sulfide) groups is 1. The number of benzene rings is 1. The zero-order chi connectivity index (χ0) is 28.6. The molecule has 1 atom stereocenters. The topological polar surface area (TPSA) is 65.7 Å². The number of carboxylic acids is 1. The number of rotatable bonds is 21. The maximum absolute atomic E-state index is 11.1. The number of unbranched alkanes of at least 4 members (excludes halogenated alkanes) is 15. The van der Waals surface area contributed by atoms with Gasteiger partial charge in [0.25, 0.3) is 0 Å². The van der Waals surface area contributed by atoms with Crippen LogP contribution in [0, 0.1) is 3.95 Å². The van der Waals surface area contributed by atoms with Crippen LogP contribution in [0.5, 0.6) is 5.88 Å². The molecule has 3 rings (SSSR count). The predicted octanol–water partition coefficient (Wildman–Crippen LogP) is 10.3. The summed E-state index contributed by atoms with van der Waals surface area (Å²) < 4.78 is 1.64. The van der Waals surface area contributed by atoms with E-state index in [1.165, 1.54) is 123 Å². The van der Waals surface area contributed by atoms with Crippen LogP contribution < -0.4 is 4.90 Å². The van der Waals surface area contributed by atoms with Gasteiger partial charge < -0.3 is 15.1 Å². The molecule has 0 spiro atoms. The Hall–Kier alpha value is -1.77. The van der Waals surface area contributed by atoms with E-state index in [1.807, 2.05) is 17.8 Å². The van der Waals surface area contributed by atoms with Crippen molar-refractivity contribution >= 4 is 53.0 Å². The van der Waals surface area contributed by atoms with Gasteiger partial charge in [-0.05, 0) is 36.8 Å². The maximum atomic E-state index is 11.1. The summed E-state index contributed by atoms with van der Waals surface area (Å²) in [7, 11) is 0. The van der Waals surface area contributed by atoms with Gasteiger partial charge in [-0.2, -0.15) is 0 Å². The SMILES string of the molecule is CCCCCCCCCCCCCCCCCCN1c2ccccc2SC1C=Cc1sc(=S)n(CC(=O)O)c1O. The first-order valence-corrected chi connectivity index (χ1v) is 17.5. The van der Waals surface area contributed by atoms with Gasteiger partial charge in [0, 0.05) is 11.4 Å². The number of para-hydroxylation sites is 1. The molecule has 2 heterocycles. The van der Waals surface area contributed by atoms with Crippen molar-refractivity contribution in [1.29, 1.82) is 0 Å². The molecule has 0 fully saturated rings. The first kappa shape index (κ1) is 32.7. The van der Waals surface area contributed by atoms with Gasteiger partial charge >= 0.3 is 5.97 Å². The molecule has 2 aromatic rings. The van der Waals surface area contributed by atoms with E-state index in [2.05, 4.69) is 42.2 Å². The Morgan fingerprint density at radius 2 is 1.45 bits per heavy atom. The lowest BCUT2D eigenvalue weighted by Gasteiger charge is -2.24. The number of carboxylic acid groups (broad SMARTS) is 1. The van der Waals surface area contributed by atoms with Gasteiger partial charge in [0.15, 0.2) is 3.95 Å². The fourth-order valence-corrected chi connectivity index (χ4v) is 7.76. The summed E-state index contributed by atoms with van der Waals surface area (Å²) in [5.74, 6) is -1.09. The van der Waals surface area contributed by atoms with Crippen LogP contribution in [0.3, 0.4) is 0 Å². The van der Waals surface area contributed by atoms with Crippen LogP contribution in [-0.2, 0) is 11.3 Å². The average molecular weight is 605 g/mol. The molecule has 0 radical (unpaired) electrons. The van der Waals surface area contributed by atoms with Gasteiger partial charge in [0.05, 0.1) is 15.9 Å². The molecule has 0 saturated heterocycles. The first-order valence-electron chi connectivity index (χ1n) is 15.4. The van der Waals surface area contributed by atoms with Gasteiger partial charge in [-0.15, -0.1) is 11.3 Å². The van der Waals surface area contributed by atoms with E-state index in [0.717, 1.165) is 13.0 Å². The highest BCUT2D eigenvalue weighted by Gasteiger charge is 2.27. The van der Waals surface area contributed by atoms with E-state index >= 15 is 0 Å². The van der Waals surface area contributed by atoms with Gasteiger partial charge in [0.2, 0.25) is 5.88 Å². The summed E-state index contributed by atoms with van der Waals surface area (Å²) in [6, 6.07) is 8.52. The number of aromatic hydroxyl groups is 1. The van der Waals surface area contributed by atoms with E-state index in [0.29, 0.717) is 8.83 Å². The molecule has 1 unspecified atom stereocenters. The summed E-state index contributed by atoms with van der Waals surface area (Å²) in [6.07, 6.45) is 25.9. The quantitative estimate of drug-likeness (QED) is 0.109. The van der Waals surface area contributed by atoms with Gasteiger partial charge in [-0.25, -0.2) is 0 Å². The highest BCUT2D eigenvalue weighted by Crippen LogP contribution is 2.44. The van der Waals surface area contributed by atoms with E-state index in [-0.39, 0.29) is 17.8 Å². The Kier molecular flexibility index (Phi) is 15.2. The Bertz CT molecular complexity index is 1110. The summed E-state index contributed by atoms with van der Waals surface area (Å²) >= 11 is 8.32. The number of nitrogens with zero attached hydrogens (tertiary/aromatic N) is 2. The van der Waals surface area contributed by atoms with Crippen LogP contribution in [0.2, 0.25) is 0 Å². The van der Waals surface area contributed by atoms with E-state index < -0.39 is 5.97 Å². The van der Waals surface area contributed by atoms with Crippen molar-refractivity contribution in [3.8, 4) is 5.88 Å². The minimum Gasteiger partial charge on any atom is -0.493 e. The second kappa shape index (κ2) is 18.6. The molecule has 0 amide bonds. The van der Waals surface area contributed by atoms with E-state index in [1.54, 1.807) is 0 Å². The van der Waals surface area contributed by atoms with Gasteiger partial charge in [-0.3, -0.25) is 9.36 Å². The Balaban J connectivity index is 1.34. The highest BCUT2D eigenvalue weighted by atomic mass is 32.2. The van der Waals surface area contributed by atoms with Crippen molar-refractivity contribution in [3.05, 3.63) is 39.2 Å². The molecule has 1 aliphatic heterocycles. The number of hydrogen-bond donors (Lipinski definition) is 2. The molecular formula is C32H48N2O3S3. The number of aromatic nitrogens is 1. The first-order chi connectivity index (χ1) is 19.5. The van der Waals surface area contributed by atoms with Crippen LogP contribution in [-0.4, -0.2) is 32.7 Å².